The molecule has 2 unspecified atom stereocenters. The number of rotatable bonds is 5. The van der Waals surface area contributed by atoms with E-state index < -0.39 is 9.84 Å². The van der Waals surface area contributed by atoms with E-state index in [0.29, 0.717) is 18.9 Å². The van der Waals surface area contributed by atoms with Crippen LogP contribution in [0.5, 0.6) is 0 Å². The molecule has 1 aliphatic rings. The Morgan fingerprint density at radius 2 is 2.13 bits per heavy atom. The molecule has 1 rings (SSSR count). The average Bonchev–Trinajstić information content (AvgIpc) is 2.41. The number of sulfone groups is 1. The first-order valence-electron chi connectivity index (χ1n) is 5.51. The predicted molar refractivity (Wildman–Crippen MR) is 60.5 cm³/mol. The largest absolute Gasteiger partial charge is 0.392 e. The lowest BCUT2D eigenvalue weighted by molar-refractivity contribution is 0.143. The second kappa shape index (κ2) is 5.27. The summed E-state index contributed by atoms with van der Waals surface area (Å²) in [5.41, 5.74) is 0. The second-order valence-corrected chi connectivity index (χ2v) is 7.02. The van der Waals surface area contributed by atoms with Crippen LogP contribution in [0.4, 0.5) is 0 Å². The molecule has 2 N–H and O–H groups in total. The highest BCUT2D eigenvalue weighted by atomic mass is 32.2. The van der Waals surface area contributed by atoms with Crippen LogP contribution in [-0.2, 0) is 9.84 Å². The molecule has 0 bridgehead atoms. The SMILES string of the molecule is CC(C)CC(O)CNC1CCS(=O)(=O)C1. The summed E-state index contributed by atoms with van der Waals surface area (Å²) in [6.45, 7) is 4.62. The molecule has 0 aromatic carbocycles. The lowest BCUT2D eigenvalue weighted by atomic mass is 10.1. The van der Waals surface area contributed by atoms with Crippen LogP contribution in [0.1, 0.15) is 26.7 Å². The summed E-state index contributed by atoms with van der Waals surface area (Å²) in [4.78, 5) is 0. The molecule has 1 heterocycles. The molecule has 1 aliphatic heterocycles. The monoisotopic (exact) mass is 235 g/mol. The minimum absolute atomic E-state index is 0.0387. The Morgan fingerprint density at radius 1 is 1.47 bits per heavy atom. The molecule has 0 spiro atoms. The Hall–Kier alpha value is -0.130. The molecule has 0 aromatic rings. The molecule has 5 heteroatoms. The maximum Gasteiger partial charge on any atom is 0.151 e. The minimum atomic E-state index is -2.81. The highest BCUT2D eigenvalue weighted by Crippen LogP contribution is 2.11. The summed E-state index contributed by atoms with van der Waals surface area (Å²) in [6.07, 6.45) is 1.07. The van der Waals surface area contributed by atoms with E-state index in [9.17, 15) is 13.5 Å². The Labute approximate surface area is 92.0 Å². The van der Waals surface area contributed by atoms with Crippen LogP contribution in [0.15, 0.2) is 0 Å². The van der Waals surface area contributed by atoms with Crippen molar-refractivity contribution in [2.45, 2.75) is 38.8 Å². The summed E-state index contributed by atoms with van der Waals surface area (Å²) in [7, 11) is -2.81. The fraction of sp³-hybridized carbons (Fsp3) is 1.00. The normalized spacial score (nSPS) is 27.1. The van der Waals surface area contributed by atoms with Gasteiger partial charge in [0, 0.05) is 12.6 Å². The molecule has 0 aliphatic carbocycles. The van der Waals surface area contributed by atoms with Gasteiger partial charge in [-0.15, -0.1) is 0 Å². The van der Waals surface area contributed by atoms with Crippen molar-refractivity contribution < 1.29 is 13.5 Å². The van der Waals surface area contributed by atoms with Crippen molar-refractivity contribution >= 4 is 9.84 Å². The summed E-state index contributed by atoms with van der Waals surface area (Å²) in [5.74, 6) is 0.973. The zero-order valence-corrected chi connectivity index (χ0v) is 10.3. The van der Waals surface area contributed by atoms with Gasteiger partial charge < -0.3 is 10.4 Å². The number of hydrogen-bond donors (Lipinski definition) is 2. The van der Waals surface area contributed by atoms with Gasteiger partial charge in [-0.2, -0.15) is 0 Å². The molecule has 0 aromatic heterocycles. The molecular formula is C10H21NO3S. The van der Waals surface area contributed by atoms with Gasteiger partial charge in [0.05, 0.1) is 17.6 Å². The van der Waals surface area contributed by atoms with Crippen molar-refractivity contribution in [3.63, 3.8) is 0 Å². The Bertz CT molecular complexity index is 287. The Balaban J connectivity index is 2.21. The first kappa shape index (κ1) is 12.9. The summed E-state index contributed by atoms with van der Waals surface area (Å²) in [5, 5.41) is 12.7. The maximum atomic E-state index is 11.2. The number of nitrogens with one attached hydrogen (secondary N) is 1. The fourth-order valence-electron chi connectivity index (χ4n) is 1.89. The smallest absolute Gasteiger partial charge is 0.151 e. The molecule has 0 radical (unpaired) electrons. The molecule has 0 saturated carbocycles. The summed E-state index contributed by atoms with van der Waals surface area (Å²) < 4.78 is 22.3. The molecular weight excluding hydrogens is 214 g/mol. The van der Waals surface area contributed by atoms with Crippen molar-refractivity contribution in [2.75, 3.05) is 18.1 Å². The minimum Gasteiger partial charge on any atom is -0.392 e. The van der Waals surface area contributed by atoms with Crippen LogP contribution in [0, 0.1) is 5.92 Å². The highest BCUT2D eigenvalue weighted by molar-refractivity contribution is 7.91. The maximum absolute atomic E-state index is 11.2. The molecule has 90 valence electrons. The van der Waals surface area contributed by atoms with Crippen LogP contribution < -0.4 is 5.32 Å². The van der Waals surface area contributed by atoms with Gasteiger partial charge in [-0.1, -0.05) is 13.8 Å². The lowest BCUT2D eigenvalue weighted by Crippen LogP contribution is -2.36. The van der Waals surface area contributed by atoms with Crippen molar-refractivity contribution in [3.05, 3.63) is 0 Å². The van der Waals surface area contributed by atoms with Gasteiger partial charge in [-0.3, -0.25) is 0 Å². The predicted octanol–water partition coefficient (Wildman–Crippen LogP) is 0.170. The Kier molecular flexibility index (Phi) is 4.55. The van der Waals surface area contributed by atoms with E-state index in [1.807, 2.05) is 0 Å². The van der Waals surface area contributed by atoms with E-state index in [1.54, 1.807) is 0 Å². The van der Waals surface area contributed by atoms with Crippen molar-refractivity contribution in [2.24, 2.45) is 5.92 Å². The van der Waals surface area contributed by atoms with E-state index >= 15 is 0 Å². The van der Waals surface area contributed by atoms with E-state index in [2.05, 4.69) is 19.2 Å². The van der Waals surface area contributed by atoms with Gasteiger partial charge in [-0.05, 0) is 18.8 Å². The summed E-state index contributed by atoms with van der Waals surface area (Å²) in [6, 6.07) is 0.0387. The van der Waals surface area contributed by atoms with Crippen molar-refractivity contribution in [1.82, 2.24) is 5.32 Å². The standard InChI is InChI=1S/C10H21NO3S/c1-8(2)5-10(12)6-11-9-3-4-15(13,14)7-9/h8-12H,3-7H2,1-2H3. The van der Waals surface area contributed by atoms with Gasteiger partial charge in [0.15, 0.2) is 9.84 Å². The van der Waals surface area contributed by atoms with Crippen LogP contribution in [0.3, 0.4) is 0 Å². The fourth-order valence-corrected chi connectivity index (χ4v) is 3.59. The zero-order chi connectivity index (χ0) is 11.5. The lowest BCUT2D eigenvalue weighted by Gasteiger charge is -2.16. The molecule has 0 amide bonds. The zero-order valence-electron chi connectivity index (χ0n) is 9.44. The van der Waals surface area contributed by atoms with Crippen LogP contribution in [0.25, 0.3) is 0 Å². The first-order chi connectivity index (χ1) is 6.89. The van der Waals surface area contributed by atoms with E-state index in [-0.39, 0.29) is 23.7 Å². The number of hydrogen-bond acceptors (Lipinski definition) is 4. The summed E-state index contributed by atoms with van der Waals surface area (Å²) >= 11 is 0. The number of aliphatic hydroxyl groups is 1. The molecule has 2 atom stereocenters. The average molecular weight is 235 g/mol. The molecule has 1 fully saturated rings. The first-order valence-corrected chi connectivity index (χ1v) is 7.33. The van der Waals surface area contributed by atoms with Gasteiger partial charge in [0.25, 0.3) is 0 Å². The molecule has 15 heavy (non-hydrogen) atoms. The third-order valence-electron chi connectivity index (χ3n) is 2.62. The quantitative estimate of drug-likeness (QED) is 0.713. The van der Waals surface area contributed by atoms with E-state index in [1.165, 1.54) is 0 Å². The third-order valence-corrected chi connectivity index (χ3v) is 4.39. The van der Waals surface area contributed by atoms with Gasteiger partial charge in [0.2, 0.25) is 0 Å². The van der Waals surface area contributed by atoms with Gasteiger partial charge >= 0.3 is 0 Å². The second-order valence-electron chi connectivity index (χ2n) is 4.79. The van der Waals surface area contributed by atoms with E-state index in [0.717, 1.165) is 6.42 Å². The molecule has 4 nitrogen and oxygen atoms in total. The van der Waals surface area contributed by atoms with Crippen LogP contribution >= 0.6 is 0 Å². The third kappa shape index (κ3) is 4.95. The van der Waals surface area contributed by atoms with Crippen molar-refractivity contribution in [1.29, 1.82) is 0 Å². The van der Waals surface area contributed by atoms with Crippen molar-refractivity contribution in [3.8, 4) is 0 Å². The van der Waals surface area contributed by atoms with E-state index in [4.69, 9.17) is 0 Å². The van der Waals surface area contributed by atoms with Gasteiger partial charge in [-0.25, -0.2) is 8.42 Å². The van der Waals surface area contributed by atoms with Crippen LogP contribution in [0.2, 0.25) is 0 Å². The van der Waals surface area contributed by atoms with Crippen LogP contribution in [-0.4, -0.2) is 43.7 Å². The topological polar surface area (TPSA) is 66.4 Å². The number of aliphatic hydroxyl groups excluding tert-OH is 1. The Morgan fingerprint density at radius 3 is 2.60 bits per heavy atom. The highest BCUT2D eigenvalue weighted by Gasteiger charge is 2.27. The molecule has 1 saturated heterocycles. The van der Waals surface area contributed by atoms with Gasteiger partial charge in [0.1, 0.15) is 0 Å².